The Bertz CT molecular complexity index is 832. The first-order valence-corrected chi connectivity index (χ1v) is 7.08. The second-order valence-corrected chi connectivity index (χ2v) is 4.91. The standard InChI is InChI=1S/C19H14O4/c1-22-19(21)16-12-15(17(20)13-8-4-2-5-9-13)18(23-16)14-10-6-3-7-11-14/h2-12H,1H3. The topological polar surface area (TPSA) is 56.5 Å². The van der Waals surface area contributed by atoms with E-state index in [9.17, 15) is 9.59 Å². The fraction of sp³-hybridized carbons (Fsp3) is 0.0526. The molecular formula is C19H14O4. The zero-order valence-electron chi connectivity index (χ0n) is 12.5. The summed E-state index contributed by atoms with van der Waals surface area (Å²) in [5.74, 6) is -0.455. The van der Waals surface area contributed by atoms with Gasteiger partial charge in [-0.15, -0.1) is 0 Å². The van der Waals surface area contributed by atoms with Crippen LogP contribution in [0.1, 0.15) is 26.5 Å². The summed E-state index contributed by atoms with van der Waals surface area (Å²) in [7, 11) is 1.27. The molecule has 0 bridgehead atoms. The van der Waals surface area contributed by atoms with Gasteiger partial charge in [-0.05, 0) is 0 Å². The lowest BCUT2D eigenvalue weighted by molar-refractivity contribution is 0.0566. The van der Waals surface area contributed by atoms with Crippen LogP contribution in [0.15, 0.2) is 71.1 Å². The molecule has 0 atom stereocenters. The molecule has 0 radical (unpaired) electrons. The summed E-state index contributed by atoms with van der Waals surface area (Å²) in [6.45, 7) is 0. The van der Waals surface area contributed by atoms with E-state index < -0.39 is 5.97 Å². The molecule has 114 valence electrons. The van der Waals surface area contributed by atoms with E-state index >= 15 is 0 Å². The normalized spacial score (nSPS) is 10.3. The second kappa shape index (κ2) is 6.32. The highest BCUT2D eigenvalue weighted by molar-refractivity contribution is 6.13. The van der Waals surface area contributed by atoms with Crippen LogP contribution in [0.5, 0.6) is 0 Å². The van der Waals surface area contributed by atoms with Crippen molar-refractivity contribution in [2.45, 2.75) is 0 Å². The van der Waals surface area contributed by atoms with E-state index in [4.69, 9.17) is 4.42 Å². The van der Waals surface area contributed by atoms with Gasteiger partial charge < -0.3 is 9.15 Å². The Morgan fingerprint density at radius 2 is 1.52 bits per heavy atom. The number of furan rings is 1. The van der Waals surface area contributed by atoms with Crippen LogP contribution in [0, 0.1) is 0 Å². The van der Waals surface area contributed by atoms with Gasteiger partial charge in [0.25, 0.3) is 0 Å². The molecule has 0 fully saturated rings. The van der Waals surface area contributed by atoms with Gasteiger partial charge >= 0.3 is 5.97 Å². The van der Waals surface area contributed by atoms with Crippen LogP contribution >= 0.6 is 0 Å². The summed E-state index contributed by atoms with van der Waals surface area (Å²) in [5, 5.41) is 0. The van der Waals surface area contributed by atoms with E-state index in [0.29, 0.717) is 16.9 Å². The van der Waals surface area contributed by atoms with E-state index in [1.54, 1.807) is 24.3 Å². The molecule has 2 aromatic carbocycles. The van der Waals surface area contributed by atoms with Crippen LogP contribution in [-0.2, 0) is 4.74 Å². The summed E-state index contributed by atoms with van der Waals surface area (Å²) in [5.41, 5.74) is 1.59. The Balaban J connectivity index is 2.13. The average molecular weight is 306 g/mol. The van der Waals surface area contributed by atoms with Gasteiger partial charge in [-0.25, -0.2) is 4.79 Å². The molecule has 0 saturated heterocycles. The van der Waals surface area contributed by atoms with E-state index in [1.807, 2.05) is 36.4 Å². The van der Waals surface area contributed by atoms with Crippen molar-refractivity contribution in [1.29, 1.82) is 0 Å². The lowest BCUT2D eigenvalue weighted by atomic mass is 10.0. The van der Waals surface area contributed by atoms with Crippen molar-refractivity contribution in [3.8, 4) is 11.3 Å². The van der Waals surface area contributed by atoms with Crippen molar-refractivity contribution < 1.29 is 18.7 Å². The summed E-state index contributed by atoms with van der Waals surface area (Å²) >= 11 is 0. The predicted octanol–water partition coefficient (Wildman–Crippen LogP) is 3.96. The zero-order chi connectivity index (χ0) is 16.2. The molecule has 1 heterocycles. The Morgan fingerprint density at radius 1 is 0.913 bits per heavy atom. The van der Waals surface area contributed by atoms with E-state index in [-0.39, 0.29) is 11.5 Å². The maximum Gasteiger partial charge on any atom is 0.373 e. The molecule has 0 amide bonds. The van der Waals surface area contributed by atoms with Crippen molar-refractivity contribution in [2.75, 3.05) is 7.11 Å². The molecule has 4 nitrogen and oxygen atoms in total. The lowest BCUT2D eigenvalue weighted by Gasteiger charge is -2.02. The molecule has 0 unspecified atom stereocenters. The van der Waals surface area contributed by atoms with E-state index in [2.05, 4.69) is 4.74 Å². The smallest absolute Gasteiger partial charge is 0.373 e. The number of benzene rings is 2. The number of carbonyl (C=O) groups excluding carboxylic acids is 2. The van der Waals surface area contributed by atoms with Gasteiger partial charge in [0.2, 0.25) is 5.76 Å². The summed E-state index contributed by atoms with van der Waals surface area (Å²) in [4.78, 5) is 24.5. The van der Waals surface area contributed by atoms with Crippen LogP contribution in [0.3, 0.4) is 0 Å². The van der Waals surface area contributed by atoms with Crippen LogP contribution < -0.4 is 0 Å². The molecule has 0 aliphatic heterocycles. The van der Waals surface area contributed by atoms with Gasteiger partial charge in [0.1, 0.15) is 5.76 Å². The Morgan fingerprint density at radius 3 is 2.13 bits per heavy atom. The maximum atomic E-state index is 12.8. The molecule has 4 heteroatoms. The third-order valence-corrected chi connectivity index (χ3v) is 3.44. The third-order valence-electron chi connectivity index (χ3n) is 3.44. The zero-order valence-corrected chi connectivity index (χ0v) is 12.5. The predicted molar refractivity (Wildman–Crippen MR) is 85.4 cm³/mol. The van der Waals surface area contributed by atoms with Gasteiger partial charge in [-0.3, -0.25) is 4.79 Å². The third kappa shape index (κ3) is 2.92. The van der Waals surface area contributed by atoms with Crippen LogP contribution in [0.2, 0.25) is 0 Å². The highest BCUT2D eigenvalue weighted by Gasteiger charge is 2.23. The Hall–Kier alpha value is -3.14. The van der Waals surface area contributed by atoms with Gasteiger partial charge in [-0.2, -0.15) is 0 Å². The first kappa shape index (κ1) is 14.8. The molecule has 0 N–H and O–H groups in total. The quantitative estimate of drug-likeness (QED) is 0.540. The Labute approximate surface area is 133 Å². The summed E-state index contributed by atoms with van der Waals surface area (Å²) in [6.07, 6.45) is 0. The molecule has 0 spiro atoms. The minimum absolute atomic E-state index is 0.00522. The fourth-order valence-corrected chi connectivity index (χ4v) is 2.31. The highest BCUT2D eigenvalue weighted by Crippen LogP contribution is 2.29. The molecule has 0 saturated carbocycles. The number of carbonyl (C=O) groups is 2. The first-order chi connectivity index (χ1) is 11.2. The maximum absolute atomic E-state index is 12.8. The lowest BCUT2D eigenvalue weighted by Crippen LogP contribution is -2.02. The molecule has 23 heavy (non-hydrogen) atoms. The molecule has 0 aliphatic rings. The fourth-order valence-electron chi connectivity index (χ4n) is 2.31. The molecule has 3 rings (SSSR count). The van der Waals surface area contributed by atoms with E-state index in [0.717, 1.165) is 5.56 Å². The molecule has 1 aromatic heterocycles. The largest absolute Gasteiger partial charge is 0.463 e. The summed E-state index contributed by atoms with van der Waals surface area (Å²) in [6, 6.07) is 19.5. The van der Waals surface area contributed by atoms with Crippen molar-refractivity contribution in [2.24, 2.45) is 0 Å². The average Bonchev–Trinajstić information content (AvgIpc) is 3.07. The van der Waals surface area contributed by atoms with Gasteiger partial charge in [0.15, 0.2) is 5.78 Å². The van der Waals surface area contributed by atoms with Gasteiger partial charge in [0, 0.05) is 17.2 Å². The second-order valence-electron chi connectivity index (χ2n) is 4.91. The number of rotatable bonds is 4. The van der Waals surface area contributed by atoms with Crippen molar-refractivity contribution in [3.63, 3.8) is 0 Å². The molecule has 0 aliphatic carbocycles. The highest BCUT2D eigenvalue weighted by atomic mass is 16.5. The number of ketones is 1. The number of hydrogen-bond donors (Lipinski definition) is 0. The number of ether oxygens (including phenoxy) is 1. The van der Waals surface area contributed by atoms with Crippen LogP contribution in [-0.4, -0.2) is 18.9 Å². The van der Waals surface area contributed by atoms with Crippen LogP contribution in [0.25, 0.3) is 11.3 Å². The number of hydrogen-bond acceptors (Lipinski definition) is 4. The minimum Gasteiger partial charge on any atom is -0.463 e. The van der Waals surface area contributed by atoms with Crippen LogP contribution in [0.4, 0.5) is 0 Å². The Kier molecular flexibility index (Phi) is 4.06. The van der Waals surface area contributed by atoms with Gasteiger partial charge in [-0.1, -0.05) is 60.7 Å². The monoisotopic (exact) mass is 306 g/mol. The van der Waals surface area contributed by atoms with Crippen molar-refractivity contribution in [1.82, 2.24) is 0 Å². The minimum atomic E-state index is -0.616. The SMILES string of the molecule is COC(=O)c1cc(C(=O)c2ccccc2)c(-c2ccccc2)o1. The van der Waals surface area contributed by atoms with Crippen molar-refractivity contribution >= 4 is 11.8 Å². The van der Waals surface area contributed by atoms with E-state index in [1.165, 1.54) is 13.2 Å². The molecule has 3 aromatic rings. The van der Waals surface area contributed by atoms with Gasteiger partial charge in [0.05, 0.1) is 12.7 Å². The summed E-state index contributed by atoms with van der Waals surface area (Å²) < 4.78 is 10.3. The number of esters is 1. The first-order valence-electron chi connectivity index (χ1n) is 7.08. The number of methoxy groups -OCH3 is 1. The van der Waals surface area contributed by atoms with Crippen molar-refractivity contribution in [3.05, 3.63) is 83.6 Å². The molecular weight excluding hydrogens is 292 g/mol.